The van der Waals surface area contributed by atoms with Crippen molar-refractivity contribution in [1.29, 1.82) is 0 Å². The van der Waals surface area contributed by atoms with Gasteiger partial charge in [-0.05, 0) is 12.8 Å². The minimum Gasteiger partial charge on any atom is -0.463 e. The predicted octanol–water partition coefficient (Wildman–Crippen LogP) is 7.70. The first-order valence-corrected chi connectivity index (χ1v) is 17.2. The average molecular weight is 597 g/mol. The number of hydrogen-bond acceptors (Lipinski definition) is 8. The summed E-state index contributed by atoms with van der Waals surface area (Å²) in [7, 11) is 0. The molecule has 1 aliphatic rings. The summed E-state index contributed by atoms with van der Waals surface area (Å²) in [6, 6.07) is 0. The number of carbonyl (C=O) groups excluding carboxylic acids is 4. The van der Waals surface area contributed by atoms with Crippen molar-refractivity contribution in [1.82, 2.24) is 0 Å². The van der Waals surface area contributed by atoms with Crippen LogP contribution in [0.5, 0.6) is 0 Å². The van der Waals surface area contributed by atoms with Gasteiger partial charge in [-0.15, -0.1) is 0 Å². The quantitative estimate of drug-likeness (QED) is 0.0423. The molecule has 8 nitrogen and oxygen atoms in total. The van der Waals surface area contributed by atoms with Crippen molar-refractivity contribution >= 4 is 23.7 Å². The topological polar surface area (TPSA) is 116 Å². The lowest BCUT2D eigenvalue weighted by atomic mass is 10.1. The molecule has 3 atom stereocenters. The Balaban J connectivity index is 2.11. The van der Waals surface area contributed by atoms with Crippen molar-refractivity contribution in [2.24, 2.45) is 0 Å². The Morgan fingerprint density at radius 3 is 1.45 bits per heavy atom. The number of hydrogen-bond donors (Lipinski definition) is 1. The zero-order chi connectivity index (χ0) is 30.8. The molecule has 0 radical (unpaired) electrons. The number of esters is 3. The first-order chi connectivity index (χ1) is 20.4. The van der Waals surface area contributed by atoms with Gasteiger partial charge in [0.2, 0.25) is 5.78 Å². The molecule has 0 aliphatic carbocycles. The van der Waals surface area contributed by atoms with E-state index in [0.717, 1.165) is 32.1 Å². The number of cyclic esters (lactones) is 1. The minimum atomic E-state index is -1.67. The Morgan fingerprint density at radius 1 is 0.643 bits per heavy atom. The number of ether oxygens (including phenoxy) is 3. The van der Waals surface area contributed by atoms with Crippen LogP contribution in [-0.4, -0.2) is 53.7 Å². The molecule has 1 rings (SSSR count). The molecule has 1 saturated heterocycles. The van der Waals surface area contributed by atoms with Gasteiger partial charge in [-0.25, -0.2) is 4.79 Å². The Labute approximate surface area is 255 Å². The number of unbranched alkanes of at least 4 members (excludes halogenated alkanes) is 20. The lowest BCUT2D eigenvalue weighted by Crippen LogP contribution is -2.39. The Kier molecular flexibility index (Phi) is 23.1. The van der Waals surface area contributed by atoms with Crippen LogP contribution in [0.15, 0.2) is 0 Å². The van der Waals surface area contributed by atoms with E-state index in [1.54, 1.807) is 0 Å². The smallest absolute Gasteiger partial charge is 0.356 e. The largest absolute Gasteiger partial charge is 0.463 e. The zero-order valence-electron chi connectivity index (χ0n) is 26.7. The summed E-state index contributed by atoms with van der Waals surface area (Å²) in [6.07, 6.45) is 21.3. The third-order valence-electron chi connectivity index (χ3n) is 7.98. The number of carbonyl (C=O) groups is 4. The summed E-state index contributed by atoms with van der Waals surface area (Å²) < 4.78 is 15.1. The van der Waals surface area contributed by atoms with Gasteiger partial charge in [-0.3, -0.25) is 14.4 Å². The highest BCUT2D eigenvalue weighted by Gasteiger charge is 2.49. The summed E-state index contributed by atoms with van der Waals surface area (Å²) >= 11 is 0. The molecule has 3 unspecified atom stereocenters. The zero-order valence-corrected chi connectivity index (χ0v) is 26.7. The van der Waals surface area contributed by atoms with E-state index in [0.29, 0.717) is 12.8 Å². The van der Waals surface area contributed by atoms with Crippen LogP contribution in [0.2, 0.25) is 0 Å². The maximum absolute atomic E-state index is 12.6. The van der Waals surface area contributed by atoms with Crippen molar-refractivity contribution in [3.05, 3.63) is 0 Å². The second kappa shape index (κ2) is 25.5. The van der Waals surface area contributed by atoms with Crippen LogP contribution in [0, 0.1) is 0 Å². The standard InChI is InChI=1S/C34H60O8/c1-3-5-7-9-11-13-15-17-19-21-23-25-29(36)40-27-28(35)32-31(38)33(34(39)42-32)41-30(37)26-24-22-20-18-16-14-12-10-8-6-4-2/h28,32-33,35H,3-27H2,1-2H3. The fourth-order valence-corrected chi connectivity index (χ4v) is 5.28. The first-order valence-electron chi connectivity index (χ1n) is 17.2. The number of rotatable bonds is 28. The molecular formula is C34H60O8. The number of ketones is 1. The highest BCUT2D eigenvalue weighted by Crippen LogP contribution is 2.20. The second-order valence-electron chi connectivity index (χ2n) is 12.0. The molecule has 1 aliphatic heterocycles. The van der Waals surface area contributed by atoms with Gasteiger partial charge in [-0.2, -0.15) is 0 Å². The molecule has 8 heteroatoms. The van der Waals surface area contributed by atoms with Gasteiger partial charge in [0.05, 0.1) is 0 Å². The molecule has 42 heavy (non-hydrogen) atoms. The predicted molar refractivity (Wildman–Crippen MR) is 164 cm³/mol. The van der Waals surface area contributed by atoms with Crippen molar-refractivity contribution in [3.8, 4) is 0 Å². The van der Waals surface area contributed by atoms with Crippen LogP contribution in [0.3, 0.4) is 0 Å². The molecule has 0 amide bonds. The normalized spacial score (nSPS) is 17.3. The van der Waals surface area contributed by atoms with E-state index in [9.17, 15) is 24.3 Å². The van der Waals surface area contributed by atoms with Gasteiger partial charge in [0.1, 0.15) is 12.7 Å². The summed E-state index contributed by atoms with van der Waals surface area (Å²) in [5, 5.41) is 10.3. The van der Waals surface area contributed by atoms with E-state index in [4.69, 9.17) is 14.2 Å². The maximum Gasteiger partial charge on any atom is 0.356 e. The molecule has 1 heterocycles. The van der Waals surface area contributed by atoms with E-state index in [-0.39, 0.29) is 12.8 Å². The first kappa shape index (κ1) is 38.1. The number of Topliss-reactive ketones (excluding diaryl/α,β-unsaturated/α-hetero) is 1. The molecule has 0 aromatic heterocycles. The fraction of sp³-hybridized carbons (Fsp3) is 0.882. The van der Waals surface area contributed by atoms with E-state index in [1.165, 1.54) is 96.3 Å². The highest BCUT2D eigenvalue weighted by atomic mass is 16.6. The van der Waals surface area contributed by atoms with Gasteiger partial charge in [-0.1, -0.05) is 142 Å². The van der Waals surface area contributed by atoms with Crippen LogP contribution < -0.4 is 0 Å². The molecule has 0 saturated carbocycles. The minimum absolute atomic E-state index is 0.123. The van der Waals surface area contributed by atoms with Gasteiger partial charge in [0, 0.05) is 12.8 Å². The van der Waals surface area contributed by atoms with Crippen LogP contribution >= 0.6 is 0 Å². The Morgan fingerprint density at radius 2 is 1.02 bits per heavy atom. The summed E-state index contributed by atoms with van der Waals surface area (Å²) in [5.74, 6) is -2.91. The molecule has 0 aromatic rings. The van der Waals surface area contributed by atoms with Crippen LogP contribution in [0.1, 0.15) is 168 Å². The van der Waals surface area contributed by atoms with Gasteiger partial charge < -0.3 is 19.3 Å². The molecule has 0 bridgehead atoms. The average Bonchev–Trinajstić information content (AvgIpc) is 3.25. The monoisotopic (exact) mass is 596 g/mol. The van der Waals surface area contributed by atoms with E-state index < -0.39 is 48.6 Å². The van der Waals surface area contributed by atoms with E-state index in [1.807, 2.05) is 0 Å². The van der Waals surface area contributed by atoms with Gasteiger partial charge >= 0.3 is 17.9 Å². The molecule has 1 N–H and O–H groups in total. The Bertz CT molecular complexity index is 737. The van der Waals surface area contributed by atoms with Crippen molar-refractivity contribution in [2.75, 3.05) is 6.61 Å². The molecule has 0 spiro atoms. The van der Waals surface area contributed by atoms with E-state index in [2.05, 4.69) is 13.8 Å². The second-order valence-corrected chi connectivity index (χ2v) is 12.0. The lowest BCUT2D eigenvalue weighted by molar-refractivity contribution is -0.163. The summed E-state index contributed by atoms with van der Waals surface area (Å²) in [5.41, 5.74) is 0. The molecular weight excluding hydrogens is 536 g/mol. The van der Waals surface area contributed by atoms with Gasteiger partial charge in [0.25, 0.3) is 6.10 Å². The summed E-state index contributed by atoms with van der Waals surface area (Å²) in [4.78, 5) is 48.9. The molecule has 0 aromatic carbocycles. The van der Waals surface area contributed by atoms with Crippen LogP contribution in [-0.2, 0) is 33.4 Å². The van der Waals surface area contributed by atoms with E-state index >= 15 is 0 Å². The van der Waals surface area contributed by atoms with Gasteiger partial charge in [0.15, 0.2) is 6.10 Å². The number of aliphatic hydroxyl groups excluding tert-OH is 1. The Hall–Kier alpha value is -1.96. The van der Waals surface area contributed by atoms with Crippen LogP contribution in [0.25, 0.3) is 0 Å². The third-order valence-corrected chi connectivity index (χ3v) is 7.98. The molecule has 244 valence electrons. The highest BCUT2D eigenvalue weighted by molar-refractivity contribution is 6.10. The summed E-state index contributed by atoms with van der Waals surface area (Å²) in [6.45, 7) is 3.98. The lowest BCUT2D eigenvalue weighted by Gasteiger charge is -2.15. The van der Waals surface area contributed by atoms with Crippen molar-refractivity contribution in [3.63, 3.8) is 0 Å². The van der Waals surface area contributed by atoms with Crippen molar-refractivity contribution < 1.29 is 38.5 Å². The number of aliphatic hydroxyl groups is 1. The van der Waals surface area contributed by atoms with Crippen LogP contribution in [0.4, 0.5) is 0 Å². The third kappa shape index (κ3) is 18.6. The van der Waals surface area contributed by atoms with Crippen molar-refractivity contribution in [2.45, 2.75) is 186 Å². The molecule has 1 fully saturated rings. The fourth-order valence-electron chi connectivity index (χ4n) is 5.28. The maximum atomic E-state index is 12.6. The SMILES string of the molecule is CCCCCCCCCCCCCC(=O)OCC(O)C1OC(=O)C(OC(=O)CCCCCCCCCCCCC)C1=O.